The number of thioether (sulfide) groups is 1. The van der Waals surface area contributed by atoms with Crippen LogP contribution in [0, 0.1) is 0 Å². The van der Waals surface area contributed by atoms with Gasteiger partial charge >= 0.3 is 5.97 Å². The van der Waals surface area contributed by atoms with Crippen LogP contribution in [0.1, 0.15) is 6.42 Å². The third-order valence-electron chi connectivity index (χ3n) is 1.94. The highest BCUT2D eigenvalue weighted by molar-refractivity contribution is 7.99. The van der Waals surface area contributed by atoms with Crippen LogP contribution in [-0.2, 0) is 14.3 Å². The first kappa shape index (κ1) is 14.8. The highest BCUT2D eigenvalue weighted by atomic mass is 35.5. The number of halogens is 1. The van der Waals surface area contributed by atoms with Gasteiger partial charge in [-0.2, -0.15) is 11.8 Å². The lowest BCUT2D eigenvalue weighted by molar-refractivity contribution is -0.140. The molecule has 0 saturated heterocycles. The molecule has 5 nitrogen and oxygen atoms in total. The summed E-state index contributed by atoms with van der Waals surface area (Å²) in [6, 6.07) is 3.36. The molecule has 1 rings (SSSR count). The van der Waals surface area contributed by atoms with Crippen molar-refractivity contribution in [2.24, 2.45) is 0 Å². The average molecular weight is 289 g/mol. The molecule has 1 aromatic heterocycles. The van der Waals surface area contributed by atoms with Crippen molar-refractivity contribution in [3.8, 4) is 0 Å². The molecule has 0 atom stereocenters. The van der Waals surface area contributed by atoms with Gasteiger partial charge in [-0.3, -0.25) is 9.59 Å². The van der Waals surface area contributed by atoms with Crippen LogP contribution >= 0.6 is 23.4 Å². The molecule has 1 N–H and O–H groups in total. The van der Waals surface area contributed by atoms with Gasteiger partial charge < -0.3 is 10.1 Å². The van der Waals surface area contributed by atoms with Crippen molar-refractivity contribution in [1.29, 1.82) is 0 Å². The zero-order chi connectivity index (χ0) is 13.4. The minimum atomic E-state index is -0.279. The Kier molecular flexibility index (Phi) is 6.53. The van der Waals surface area contributed by atoms with E-state index in [1.54, 1.807) is 18.3 Å². The largest absolute Gasteiger partial charge is 0.469 e. The summed E-state index contributed by atoms with van der Waals surface area (Å²) in [5.74, 6) is 0.335. The second kappa shape index (κ2) is 7.94. The summed E-state index contributed by atoms with van der Waals surface area (Å²) < 4.78 is 4.49. The topological polar surface area (TPSA) is 68.3 Å². The number of pyridine rings is 1. The van der Waals surface area contributed by atoms with Gasteiger partial charge in [0.25, 0.3) is 0 Å². The van der Waals surface area contributed by atoms with Crippen molar-refractivity contribution in [2.75, 3.05) is 23.9 Å². The van der Waals surface area contributed by atoms with E-state index in [1.165, 1.54) is 18.9 Å². The molecule has 0 saturated carbocycles. The van der Waals surface area contributed by atoms with E-state index in [4.69, 9.17) is 11.6 Å². The molecule has 0 fully saturated rings. The lowest BCUT2D eigenvalue weighted by atomic mass is 10.4. The summed E-state index contributed by atoms with van der Waals surface area (Å²) in [5, 5.41) is 2.90. The van der Waals surface area contributed by atoms with Crippen molar-refractivity contribution >= 4 is 40.9 Å². The number of amides is 1. The summed E-state index contributed by atoms with van der Waals surface area (Å²) >= 11 is 7.15. The molecule has 0 radical (unpaired) electrons. The Morgan fingerprint density at radius 3 is 3.00 bits per heavy atom. The Hall–Kier alpha value is -1.27. The molecule has 0 unspecified atom stereocenters. The average Bonchev–Trinajstić information content (AvgIpc) is 2.37. The number of ether oxygens (including phenoxy) is 1. The first-order chi connectivity index (χ1) is 8.63. The van der Waals surface area contributed by atoms with Crippen LogP contribution in [-0.4, -0.2) is 35.5 Å². The van der Waals surface area contributed by atoms with Crippen LogP contribution in [0.5, 0.6) is 0 Å². The van der Waals surface area contributed by atoms with E-state index in [0.29, 0.717) is 17.9 Å². The first-order valence-electron chi connectivity index (χ1n) is 5.18. The predicted molar refractivity (Wildman–Crippen MR) is 71.8 cm³/mol. The van der Waals surface area contributed by atoms with Gasteiger partial charge in [0.05, 0.1) is 25.0 Å². The van der Waals surface area contributed by atoms with Crippen LogP contribution in [0.25, 0.3) is 0 Å². The minimum absolute atomic E-state index is 0.181. The quantitative estimate of drug-likeness (QED) is 0.492. The van der Waals surface area contributed by atoms with Gasteiger partial charge in [-0.25, -0.2) is 4.98 Å². The van der Waals surface area contributed by atoms with Gasteiger partial charge in [0.2, 0.25) is 5.91 Å². The summed E-state index contributed by atoms with van der Waals surface area (Å²) in [6.07, 6.45) is 1.84. The molecule has 98 valence electrons. The summed E-state index contributed by atoms with van der Waals surface area (Å²) in [4.78, 5) is 26.2. The van der Waals surface area contributed by atoms with Crippen LogP contribution < -0.4 is 5.32 Å². The second-order valence-electron chi connectivity index (χ2n) is 3.27. The third kappa shape index (κ3) is 5.37. The van der Waals surface area contributed by atoms with Gasteiger partial charge in [-0.1, -0.05) is 11.6 Å². The van der Waals surface area contributed by atoms with Gasteiger partial charge in [0.1, 0.15) is 0 Å². The molecule has 1 aromatic rings. The Morgan fingerprint density at radius 1 is 1.56 bits per heavy atom. The second-order valence-corrected chi connectivity index (χ2v) is 4.73. The van der Waals surface area contributed by atoms with E-state index in [1.807, 2.05) is 0 Å². The number of esters is 1. The number of nitrogens with one attached hydrogen (secondary N) is 1. The van der Waals surface area contributed by atoms with Crippen molar-refractivity contribution in [1.82, 2.24) is 4.98 Å². The van der Waals surface area contributed by atoms with Crippen molar-refractivity contribution in [3.63, 3.8) is 0 Å². The number of carbonyl (C=O) groups is 2. The van der Waals surface area contributed by atoms with E-state index >= 15 is 0 Å². The Bertz CT molecular complexity index is 429. The molecule has 1 heterocycles. The van der Waals surface area contributed by atoms with Crippen LogP contribution in [0.15, 0.2) is 18.3 Å². The van der Waals surface area contributed by atoms with E-state index in [9.17, 15) is 9.59 Å². The summed E-state index contributed by atoms with van der Waals surface area (Å²) in [6.45, 7) is 0. The van der Waals surface area contributed by atoms with E-state index in [-0.39, 0.29) is 22.8 Å². The van der Waals surface area contributed by atoms with Crippen LogP contribution in [0.2, 0.25) is 5.15 Å². The first-order valence-corrected chi connectivity index (χ1v) is 6.71. The van der Waals surface area contributed by atoms with E-state index in [0.717, 1.165) is 0 Å². The lowest BCUT2D eigenvalue weighted by Crippen LogP contribution is -2.15. The maximum absolute atomic E-state index is 11.5. The highest BCUT2D eigenvalue weighted by Gasteiger charge is 2.07. The van der Waals surface area contributed by atoms with Crippen LogP contribution in [0.3, 0.4) is 0 Å². The standard InChI is InChI=1S/C11H13ClN2O3S/c1-17-10(16)4-6-18-7-9(15)14-8-3-2-5-13-11(8)12/h2-3,5H,4,6-7H2,1H3,(H,14,15). The maximum atomic E-state index is 11.5. The number of hydrogen-bond donors (Lipinski definition) is 1. The van der Waals surface area contributed by atoms with E-state index in [2.05, 4.69) is 15.0 Å². The molecular weight excluding hydrogens is 276 g/mol. The normalized spacial score (nSPS) is 9.89. The molecule has 0 aliphatic heterocycles. The van der Waals surface area contributed by atoms with Crippen molar-refractivity contribution in [3.05, 3.63) is 23.5 Å². The molecule has 0 aliphatic carbocycles. The van der Waals surface area contributed by atoms with Crippen LogP contribution in [0.4, 0.5) is 5.69 Å². The smallest absolute Gasteiger partial charge is 0.306 e. The Labute approximate surface area is 114 Å². The molecule has 7 heteroatoms. The Morgan fingerprint density at radius 2 is 2.33 bits per heavy atom. The Balaban J connectivity index is 2.26. The lowest BCUT2D eigenvalue weighted by Gasteiger charge is -2.05. The number of hydrogen-bond acceptors (Lipinski definition) is 5. The highest BCUT2D eigenvalue weighted by Crippen LogP contribution is 2.17. The summed E-state index contributed by atoms with van der Waals surface area (Å²) in [7, 11) is 1.34. The van der Waals surface area contributed by atoms with Gasteiger partial charge in [-0.05, 0) is 12.1 Å². The predicted octanol–water partition coefficient (Wildman–Crippen LogP) is 1.97. The zero-order valence-corrected chi connectivity index (χ0v) is 11.4. The summed E-state index contributed by atoms with van der Waals surface area (Å²) in [5.41, 5.74) is 0.484. The number of aromatic nitrogens is 1. The third-order valence-corrected chi connectivity index (χ3v) is 3.20. The molecule has 0 aliphatic rings. The zero-order valence-electron chi connectivity index (χ0n) is 9.81. The molecule has 18 heavy (non-hydrogen) atoms. The minimum Gasteiger partial charge on any atom is -0.469 e. The number of rotatable bonds is 6. The number of carbonyl (C=O) groups excluding carboxylic acids is 2. The molecule has 0 spiro atoms. The van der Waals surface area contributed by atoms with Gasteiger partial charge in [0.15, 0.2) is 5.15 Å². The number of nitrogens with zero attached hydrogens (tertiary/aromatic N) is 1. The number of anilines is 1. The monoisotopic (exact) mass is 288 g/mol. The maximum Gasteiger partial charge on any atom is 0.306 e. The molecule has 0 aromatic carbocycles. The number of methoxy groups -OCH3 is 1. The van der Waals surface area contributed by atoms with Crippen molar-refractivity contribution in [2.45, 2.75) is 6.42 Å². The SMILES string of the molecule is COC(=O)CCSCC(=O)Nc1cccnc1Cl. The fourth-order valence-electron chi connectivity index (χ4n) is 1.09. The fraction of sp³-hybridized carbons (Fsp3) is 0.364. The molecular formula is C11H13ClN2O3S. The van der Waals surface area contributed by atoms with Gasteiger partial charge in [0, 0.05) is 11.9 Å². The molecule has 0 bridgehead atoms. The van der Waals surface area contributed by atoms with Gasteiger partial charge in [-0.15, -0.1) is 0 Å². The fourth-order valence-corrected chi connectivity index (χ4v) is 1.97. The van der Waals surface area contributed by atoms with Crippen molar-refractivity contribution < 1.29 is 14.3 Å². The molecule has 1 amide bonds. The van der Waals surface area contributed by atoms with E-state index < -0.39 is 0 Å².